The van der Waals surface area contributed by atoms with Crippen molar-refractivity contribution in [3.05, 3.63) is 0 Å². The molecule has 0 radical (unpaired) electrons. The van der Waals surface area contributed by atoms with Crippen LogP contribution in [0.2, 0.25) is 0 Å². The summed E-state index contributed by atoms with van der Waals surface area (Å²) >= 11 is 0. The molecule has 3 nitrogen and oxygen atoms in total. The number of rotatable bonds is 3. The molecule has 0 heterocycles. The van der Waals surface area contributed by atoms with Crippen molar-refractivity contribution >= 4 is 0 Å². The second-order valence-corrected chi connectivity index (χ2v) is 1.70. The minimum absolute atomic E-state index is 0.0278. The highest BCUT2D eigenvalue weighted by Gasteiger charge is 2.02. The molecule has 0 saturated carbocycles. The maximum absolute atomic E-state index is 5.53. The maximum atomic E-state index is 5.53. The topological polar surface area (TPSA) is 38.5 Å². The number of hydrogen-bond acceptors (Lipinski definition) is 3. The molecule has 0 rings (SSSR count). The van der Waals surface area contributed by atoms with Crippen molar-refractivity contribution in [3.63, 3.8) is 0 Å². The highest BCUT2D eigenvalue weighted by molar-refractivity contribution is 4.47. The van der Waals surface area contributed by atoms with E-state index in [9.17, 15) is 0 Å². The molecule has 0 spiro atoms. The molecule has 3 heteroatoms. The Bertz CT molecular complexity index is 50.4. The first-order valence-corrected chi connectivity index (χ1v) is 2.74. The van der Waals surface area contributed by atoms with Crippen LogP contribution in [0.1, 0.15) is 13.3 Å². The number of hydroxylamine groups is 2. The summed E-state index contributed by atoms with van der Waals surface area (Å²) in [5, 5.41) is 1.62. The van der Waals surface area contributed by atoms with Crippen LogP contribution in [0, 0.1) is 0 Å². The van der Waals surface area contributed by atoms with Gasteiger partial charge >= 0.3 is 0 Å². The van der Waals surface area contributed by atoms with E-state index in [0.29, 0.717) is 0 Å². The van der Waals surface area contributed by atoms with Crippen LogP contribution in [0.4, 0.5) is 0 Å². The van der Waals surface area contributed by atoms with Crippen molar-refractivity contribution in [2.24, 2.45) is 5.73 Å². The lowest BCUT2D eigenvalue weighted by atomic mass is 10.4. The Balaban J connectivity index is 3.29. The summed E-state index contributed by atoms with van der Waals surface area (Å²) in [5.74, 6) is 0. The van der Waals surface area contributed by atoms with E-state index >= 15 is 0 Å². The van der Waals surface area contributed by atoms with E-state index in [1.54, 1.807) is 12.2 Å². The summed E-state index contributed by atoms with van der Waals surface area (Å²) in [6, 6.07) is 0. The summed E-state index contributed by atoms with van der Waals surface area (Å²) in [6.45, 7) is 2.01. The van der Waals surface area contributed by atoms with Crippen LogP contribution in [-0.4, -0.2) is 25.4 Å². The van der Waals surface area contributed by atoms with Gasteiger partial charge in [-0.2, -0.15) is 5.06 Å². The maximum Gasteiger partial charge on any atom is 0.0812 e. The zero-order valence-electron chi connectivity index (χ0n) is 5.72. The van der Waals surface area contributed by atoms with Gasteiger partial charge in [0.25, 0.3) is 0 Å². The Morgan fingerprint density at radius 2 is 2.25 bits per heavy atom. The molecule has 8 heavy (non-hydrogen) atoms. The zero-order chi connectivity index (χ0) is 6.57. The first-order valence-electron chi connectivity index (χ1n) is 2.74. The van der Waals surface area contributed by atoms with E-state index in [-0.39, 0.29) is 6.17 Å². The lowest BCUT2D eigenvalue weighted by Crippen LogP contribution is -2.37. The van der Waals surface area contributed by atoms with Crippen LogP contribution in [0.5, 0.6) is 0 Å². The van der Waals surface area contributed by atoms with Crippen LogP contribution in [0.25, 0.3) is 0 Å². The molecular formula is C5H14N2O. The minimum Gasteiger partial charge on any atom is -0.314 e. The molecule has 0 saturated heterocycles. The van der Waals surface area contributed by atoms with Gasteiger partial charge in [-0.3, -0.25) is 0 Å². The second kappa shape index (κ2) is 3.83. The third-order valence-electron chi connectivity index (χ3n) is 1.17. The van der Waals surface area contributed by atoms with Gasteiger partial charge < -0.3 is 10.6 Å². The zero-order valence-corrected chi connectivity index (χ0v) is 5.72. The Morgan fingerprint density at radius 3 is 2.38 bits per heavy atom. The van der Waals surface area contributed by atoms with E-state index in [1.165, 1.54) is 0 Å². The van der Waals surface area contributed by atoms with Gasteiger partial charge in [-0.05, 0) is 6.42 Å². The van der Waals surface area contributed by atoms with Crippen LogP contribution < -0.4 is 5.73 Å². The summed E-state index contributed by atoms with van der Waals surface area (Å²) in [7, 11) is 3.42. The molecule has 1 atom stereocenters. The molecule has 1 unspecified atom stereocenters. The number of hydrogen-bond donors (Lipinski definition) is 1. The Labute approximate surface area is 50.4 Å². The van der Waals surface area contributed by atoms with Gasteiger partial charge in [0.2, 0.25) is 0 Å². The summed E-state index contributed by atoms with van der Waals surface area (Å²) in [5.41, 5.74) is 5.53. The average Bonchev–Trinajstić information content (AvgIpc) is 1.84. The fourth-order valence-electron chi connectivity index (χ4n) is 0.393. The fraction of sp³-hybridized carbons (Fsp3) is 1.00. The Kier molecular flexibility index (Phi) is 3.77. The van der Waals surface area contributed by atoms with Crippen LogP contribution in [0.15, 0.2) is 0 Å². The molecule has 0 aliphatic heterocycles. The summed E-state index contributed by atoms with van der Waals surface area (Å²) < 4.78 is 0. The van der Waals surface area contributed by atoms with Crippen molar-refractivity contribution in [3.8, 4) is 0 Å². The highest BCUT2D eigenvalue weighted by atomic mass is 16.7. The number of nitrogens with zero attached hydrogens (tertiary/aromatic N) is 1. The van der Waals surface area contributed by atoms with Gasteiger partial charge in [-0.15, -0.1) is 0 Å². The predicted octanol–water partition coefficient (Wildman–Crippen LogP) is 0.174. The van der Waals surface area contributed by atoms with E-state index in [2.05, 4.69) is 0 Å². The SMILES string of the molecule is CCC(N)N(C)OC. The first kappa shape index (κ1) is 7.88. The molecular weight excluding hydrogens is 104 g/mol. The van der Waals surface area contributed by atoms with Crippen molar-refractivity contribution < 1.29 is 4.84 Å². The Hall–Kier alpha value is -0.120. The van der Waals surface area contributed by atoms with Gasteiger partial charge in [-0.1, -0.05) is 6.92 Å². The predicted molar refractivity (Wildman–Crippen MR) is 33.0 cm³/mol. The van der Waals surface area contributed by atoms with Gasteiger partial charge in [0.1, 0.15) is 0 Å². The molecule has 0 aliphatic carbocycles. The lowest BCUT2D eigenvalue weighted by Gasteiger charge is -2.19. The monoisotopic (exact) mass is 118 g/mol. The van der Waals surface area contributed by atoms with Crippen LogP contribution >= 0.6 is 0 Å². The summed E-state index contributed by atoms with van der Waals surface area (Å²) in [6.07, 6.45) is 0.935. The molecule has 0 aromatic carbocycles. The van der Waals surface area contributed by atoms with Crippen molar-refractivity contribution in [1.82, 2.24) is 5.06 Å². The summed E-state index contributed by atoms with van der Waals surface area (Å²) in [4.78, 5) is 4.81. The molecule has 50 valence electrons. The molecule has 0 bridgehead atoms. The standard InChI is InChI=1S/C5H14N2O/c1-4-5(6)7(2)8-3/h5H,4,6H2,1-3H3. The first-order chi connectivity index (χ1) is 3.72. The highest BCUT2D eigenvalue weighted by Crippen LogP contribution is 1.91. The number of nitrogens with two attached hydrogens (primary N) is 1. The minimum atomic E-state index is 0.0278. The van der Waals surface area contributed by atoms with Crippen molar-refractivity contribution in [2.45, 2.75) is 19.5 Å². The molecule has 0 amide bonds. The van der Waals surface area contributed by atoms with Crippen molar-refractivity contribution in [2.75, 3.05) is 14.2 Å². The molecule has 0 fully saturated rings. The third-order valence-corrected chi connectivity index (χ3v) is 1.17. The largest absolute Gasteiger partial charge is 0.314 e. The molecule has 2 N–H and O–H groups in total. The van der Waals surface area contributed by atoms with Crippen LogP contribution in [0.3, 0.4) is 0 Å². The quantitative estimate of drug-likeness (QED) is 0.424. The molecule has 0 aromatic heterocycles. The fourth-order valence-corrected chi connectivity index (χ4v) is 0.393. The molecule has 0 aliphatic rings. The van der Waals surface area contributed by atoms with E-state index < -0.39 is 0 Å². The smallest absolute Gasteiger partial charge is 0.0812 e. The third kappa shape index (κ3) is 2.26. The van der Waals surface area contributed by atoms with E-state index in [0.717, 1.165) is 6.42 Å². The van der Waals surface area contributed by atoms with E-state index in [1.807, 2.05) is 14.0 Å². The lowest BCUT2D eigenvalue weighted by molar-refractivity contribution is -0.139. The van der Waals surface area contributed by atoms with E-state index in [4.69, 9.17) is 10.6 Å². The van der Waals surface area contributed by atoms with Gasteiger partial charge in [0, 0.05) is 7.05 Å². The van der Waals surface area contributed by atoms with Gasteiger partial charge in [0.15, 0.2) is 0 Å². The van der Waals surface area contributed by atoms with Crippen molar-refractivity contribution in [1.29, 1.82) is 0 Å². The van der Waals surface area contributed by atoms with Gasteiger partial charge in [0.05, 0.1) is 13.3 Å². The average molecular weight is 118 g/mol. The van der Waals surface area contributed by atoms with Gasteiger partial charge in [-0.25, -0.2) is 0 Å². The second-order valence-electron chi connectivity index (χ2n) is 1.70. The Morgan fingerprint density at radius 1 is 1.75 bits per heavy atom. The van der Waals surface area contributed by atoms with Crippen LogP contribution in [-0.2, 0) is 4.84 Å². The normalized spacial score (nSPS) is 14.6. The molecule has 0 aromatic rings.